The summed E-state index contributed by atoms with van der Waals surface area (Å²) in [4.78, 5) is 31.2. The van der Waals surface area contributed by atoms with Crippen molar-refractivity contribution in [2.45, 2.75) is 49.9 Å². The maximum absolute atomic E-state index is 13.3. The second kappa shape index (κ2) is 12.8. The zero-order chi connectivity index (χ0) is 30.9. The van der Waals surface area contributed by atoms with Crippen molar-refractivity contribution in [3.63, 3.8) is 0 Å². The van der Waals surface area contributed by atoms with Crippen LogP contribution in [0.25, 0.3) is 11.6 Å². The molecule has 3 aromatic rings. The smallest absolute Gasteiger partial charge is 0.256 e. The summed E-state index contributed by atoms with van der Waals surface area (Å²) in [5.74, 6) is -0.959. The van der Waals surface area contributed by atoms with Gasteiger partial charge in [0.1, 0.15) is 0 Å². The van der Waals surface area contributed by atoms with Crippen molar-refractivity contribution < 1.29 is 23.1 Å². The lowest BCUT2D eigenvalue weighted by Gasteiger charge is -2.19. The molecule has 2 aromatic carbocycles. The molecule has 0 bridgehead atoms. The lowest BCUT2D eigenvalue weighted by molar-refractivity contribution is -0.121. The van der Waals surface area contributed by atoms with Gasteiger partial charge >= 0.3 is 0 Å². The number of nitrogens with one attached hydrogen (secondary N) is 3. The van der Waals surface area contributed by atoms with Gasteiger partial charge in [0.15, 0.2) is 9.84 Å². The van der Waals surface area contributed by atoms with Crippen molar-refractivity contribution in [2.75, 3.05) is 31.5 Å². The number of carbonyl (C=O) groups excluding carboxylic acids is 2. The summed E-state index contributed by atoms with van der Waals surface area (Å²) in [5, 5.41) is 16.4. The van der Waals surface area contributed by atoms with Crippen molar-refractivity contribution in [3.8, 4) is 0 Å². The zero-order valence-electron chi connectivity index (χ0n) is 24.0. The molecular formula is C31H34Cl2N4O5S. The predicted octanol–water partition coefficient (Wildman–Crippen LogP) is 4.52. The molecule has 1 aromatic heterocycles. The number of aliphatic hydroxyl groups is 1. The van der Waals surface area contributed by atoms with E-state index in [-0.39, 0.29) is 45.5 Å². The molecule has 1 unspecified atom stereocenters. The predicted molar refractivity (Wildman–Crippen MR) is 169 cm³/mol. The fourth-order valence-corrected chi connectivity index (χ4v) is 7.72. The molecule has 0 spiro atoms. The molecule has 3 heterocycles. The second-order valence-electron chi connectivity index (χ2n) is 11.1. The highest BCUT2D eigenvalue weighted by Crippen LogP contribution is 2.37. The number of aryl methyl sites for hydroxylation is 1. The van der Waals surface area contributed by atoms with Crippen LogP contribution in [0.2, 0.25) is 10.0 Å². The average Bonchev–Trinajstić information content (AvgIpc) is 3.64. The van der Waals surface area contributed by atoms with Crippen LogP contribution >= 0.6 is 23.2 Å². The largest absolute Gasteiger partial charge is 0.390 e. The first-order chi connectivity index (χ1) is 20.4. The van der Waals surface area contributed by atoms with Crippen molar-refractivity contribution >= 4 is 62.2 Å². The first-order valence-electron chi connectivity index (χ1n) is 14.1. The van der Waals surface area contributed by atoms with Crippen LogP contribution in [0.4, 0.5) is 5.69 Å². The highest BCUT2D eigenvalue weighted by Gasteiger charge is 2.28. The highest BCUT2D eigenvalue weighted by molar-refractivity contribution is 7.90. The van der Waals surface area contributed by atoms with E-state index in [0.717, 1.165) is 42.8 Å². The number of anilines is 1. The van der Waals surface area contributed by atoms with Gasteiger partial charge in [0.25, 0.3) is 5.91 Å². The van der Waals surface area contributed by atoms with Gasteiger partial charge in [-0.15, -0.1) is 0 Å². The van der Waals surface area contributed by atoms with Crippen molar-refractivity contribution in [2.24, 2.45) is 0 Å². The molecule has 0 aliphatic carbocycles. The third-order valence-electron chi connectivity index (χ3n) is 7.99. The van der Waals surface area contributed by atoms with Gasteiger partial charge in [0.05, 0.1) is 28.7 Å². The van der Waals surface area contributed by atoms with Crippen molar-refractivity contribution in [3.05, 3.63) is 80.1 Å². The topological polar surface area (TPSA) is 132 Å². The number of sulfone groups is 1. The minimum atomic E-state index is -3.84. The number of hydrogen-bond donors (Lipinski definition) is 4. The van der Waals surface area contributed by atoms with Gasteiger partial charge in [-0.05, 0) is 87.3 Å². The van der Waals surface area contributed by atoms with Gasteiger partial charge in [0.2, 0.25) is 5.91 Å². The molecule has 43 heavy (non-hydrogen) atoms. The van der Waals surface area contributed by atoms with E-state index in [9.17, 15) is 23.1 Å². The fraction of sp³-hybridized carbons (Fsp3) is 0.355. The number of H-pyrrole nitrogens is 1. The number of benzene rings is 2. The monoisotopic (exact) mass is 644 g/mol. The molecule has 1 saturated heterocycles. The molecule has 5 rings (SSSR count). The van der Waals surface area contributed by atoms with Crippen LogP contribution in [0.1, 0.15) is 46.5 Å². The number of rotatable bonds is 10. The SMILES string of the molecule is Cc1[nH]c(C=C2C(=O)Nc3ccc(S(=O)(=O)Cc4c(Cl)cccc4Cl)cc32)c(C)c1CC(=O)NCC(O)CN1CCCC1. The number of hydrogen-bond acceptors (Lipinski definition) is 6. The fourth-order valence-electron chi connectivity index (χ4n) is 5.60. The number of nitrogens with zero attached hydrogens (tertiary/aromatic N) is 1. The molecule has 9 nitrogen and oxygen atoms in total. The minimum absolute atomic E-state index is 0.0355. The summed E-state index contributed by atoms with van der Waals surface area (Å²) in [7, 11) is -3.84. The molecule has 0 radical (unpaired) electrons. The summed E-state index contributed by atoms with van der Waals surface area (Å²) in [6, 6.07) is 9.31. The Balaban J connectivity index is 1.33. The molecule has 12 heteroatoms. The van der Waals surface area contributed by atoms with E-state index in [0.29, 0.717) is 34.6 Å². The average molecular weight is 646 g/mol. The van der Waals surface area contributed by atoms with E-state index >= 15 is 0 Å². The van der Waals surface area contributed by atoms with Crippen LogP contribution in [0.3, 0.4) is 0 Å². The first-order valence-corrected chi connectivity index (χ1v) is 16.5. The van der Waals surface area contributed by atoms with Crippen LogP contribution in [0.5, 0.6) is 0 Å². The molecule has 0 saturated carbocycles. The maximum atomic E-state index is 13.3. The van der Waals surface area contributed by atoms with Gasteiger partial charge in [0, 0.05) is 51.3 Å². The summed E-state index contributed by atoms with van der Waals surface area (Å²) >= 11 is 12.4. The Morgan fingerprint density at radius 3 is 2.51 bits per heavy atom. The van der Waals surface area contributed by atoms with Crippen LogP contribution in [-0.2, 0) is 31.6 Å². The number of aromatic amines is 1. The quantitative estimate of drug-likeness (QED) is 0.240. The number of carbonyl (C=O) groups is 2. The highest BCUT2D eigenvalue weighted by atomic mass is 35.5. The van der Waals surface area contributed by atoms with Gasteiger partial charge < -0.3 is 25.6 Å². The Hall–Kier alpha value is -3.15. The number of fused-ring (bicyclic) bond motifs is 1. The first kappa shape index (κ1) is 31.3. The summed E-state index contributed by atoms with van der Waals surface area (Å²) in [6.45, 7) is 6.39. The van der Waals surface area contributed by atoms with Crippen LogP contribution in [-0.4, -0.2) is 67.5 Å². The van der Waals surface area contributed by atoms with Gasteiger partial charge in [-0.3, -0.25) is 9.59 Å². The third-order valence-corrected chi connectivity index (χ3v) is 10.3. The molecule has 2 amide bonds. The number of β-amino-alcohol motifs (C(OH)–C–C–N with tert-alkyl or cyclic N) is 1. The van der Waals surface area contributed by atoms with E-state index in [1.165, 1.54) is 12.1 Å². The maximum Gasteiger partial charge on any atom is 0.256 e. The Kier molecular flexibility index (Phi) is 9.34. The standard InChI is InChI=1S/C31H34Cl2N4O5S/c1-18-22(14-30(39)34-15-20(38)16-37-10-3-4-11-37)19(2)35-29(18)13-24-23-12-21(8-9-28(23)36-31(24)40)43(41,42)17-25-26(32)6-5-7-27(25)33/h5-9,12-13,20,35,38H,3-4,10-11,14-17H2,1-2H3,(H,34,39)(H,36,40). The zero-order valence-corrected chi connectivity index (χ0v) is 26.3. The number of halogens is 2. The number of amides is 2. The van der Waals surface area contributed by atoms with E-state index in [2.05, 4.69) is 20.5 Å². The number of aromatic nitrogens is 1. The van der Waals surface area contributed by atoms with Gasteiger partial charge in [-0.25, -0.2) is 8.42 Å². The van der Waals surface area contributed by atoms with E-state index in [1.807, 2.05) is 13.8 Å². The Bertz CT molecular complexity index is 1690. The van der Waals surface area contributed by atoms with Crippen molar-refractivity contribution in [1.82, 2.24) is 15.2 Å². The number of likely N-dealkylation sites (tertiary alicyclic amines) is 1. The van der Waals surface area contributed by atoms with E-state index in [4.69, 9.17) is 23.2 Å². The van der Waals surface area contributed by atoms with Gasteiger partial charge in [-0.1, -0.05) is 29.3 Å². The van der Waals surface area contributed by atoms with Crippen molar-refractivity contribution in [1.29, 1.82) is 0 Å². The summed E-state index contributed by atoms with van der Waals surface area (Å²) < 4.78 is 26.7. The minimum Gasteiger partial charge on any atom is -0.390 e. The lowest BCUT2D eigenvalue weighted by atomic mass is 10.0. The number of aliphatic hydroxyl groups excluding tert-OH is 1. The van der Waals surface area contributed by atoms with E-state index < -0.39 is 15.9 Å². The molecule has 2 aliphatic rings. The Morgan fingerprint density at radius 1 is 1.12 bits per heavy atom. The third kappa shape index (κ3) is 6.99. The summed E-state index contributed by atoms with van der Waals surface area (Å²) in [6.07, 6.45) is 3.42. The molecule has 2 aliphatic heterocycles. The molecule has 228 valence electrons. The lowest BCUT2D eigenvalue weighted by Crippen LogP contribution is -2.39. The van der Waals surface area contributed by atoms with Crippen LogP contribution < -0.4 is 10.6 Å². The Labute approximate surface area is 261 Å². The molecule has 1 atom stereocenters. The molecule has 4 N–H and O–H groups in total. The summed E-state index contributed by atoms with van der Waals surface area (Å²) in [5.41, 5.74) is 4.58. The van der Waals surface area contributed by atoms with Crippen LogP contribution in [0, 0.1) is 13.8 Å². The van der Waals surface area contributed by atoms with Gasteiger partial charge in [-0.2, -0.15) is 0 Å². The normalized spacial score (nSPS) is 16.9. The van der Waals surface area contributed by atoms with E-state index in [1.54, 1.807) is 30.3 Å². The second-order valence-corrected chi connectivity index (χ2v) is 13.9. The molecule has 1 fully saturated rings. The Morgan fingerprint density at radius 2 is 1.81 bits per heavy atom. The molecular weight excluding hydrogens is 611 g/mol. The van der Waals surface area contributed by atoms with Crippen LogP contribution in [0.15, 0.2) is 41.3 Å².